The SMILES string of the molecule is CCNC(=NCC1CCN(C(=O)OC(C)(C)C)CC1)NC1CCCC(S(=O)CC)C1. The molecule has 8 heteroatoms. The lowest BCUT2D eigenvalue weighted by molar-refractivity contribution is 0.0187. The molecule has 0 radical (unpaired) electrons. The summed E-state index contributed by atoms with van der Waals surface area (Å²) < 4.78 is 17.7. The maximum atomic E-state index is 12.2. The molecule has 0 spiro atoms. The fraction of sp³-hybridized carbons (Fsp3) is 0.909. The molecule has 2 aliphatic rings. The predicted octanol–water partition coefficient (Wildman–Crippen LogP) is 3.27. The maximum Gasteiger partial charge on any atom is 0.410 e. The minimum Gasteiger partial charge on any atom is -0.444 e. The van der Waals surface area contributed by atoms with Gasteiger partial charge in [-0.2, -0.15) is 0 Å². The number of likely N-dealkylation sites (tertiary alicyclic amines) is 1. The predicted molar refractivity (Wildman–Crippen MR) is 124 cm³/mol. The van der Waals surface area contributed by atoms with Gasteiger partial charge in [-0.25, -0.2) is 4.79 Å². The van der Waals surface area contributed by atoms with Crippen molar-refractivity contribution >= 4 is 22.9 Å². The highest BCUT2D eigenvalue weighted by Gasteiger charge is 2.28. The van der Waals surface area contributed by atoms with Gasteiger partial charge in [0, 0.05) is 54.0 Å². The second-order valence-electron chi connectivity index (χ2n) is 9.43. The van der Waals surface area contributed by atoms with Crippen molar-refractivity contribution in [3.8, 4) is 0 Å². The number of hydrogen-bond donors (Lipinski definition) is 2. The summed E-state index contributed by atoms with van der Waals surface area (Å²) in [6, 6.07) is 0.339. The number of ether oxygens (including phenoxy) is 1. The van der Waals surface area contributed by atoms with Crippen LogP contribution >= 0.6 is 0 Å². The van der Waals surface area contributed by atoms with Crippen molar-refractivity contribution < 1.29 is 13.7 Å². The van der Waals surface area contributed by atoms with Gasteiger partial charge in [0.15, 0.2) is 5.96 Å². The Morgan fingerprint density at radius 3 is 2.47 bits per heavy atom. The van der Waals surface area contributed by atoms with Gasteiger partial charge < -0.3 is 20.3 Å². The van der Waals surface area contributed by atoms with Crippen LogP contribution in [0.4, 0.5) is 4.79 Å². The van der Waals surface area contributed by atoms with Gasteiger partial charge in [0.25, 0.3) is 0 Å². The van der Waals surface area contributed by atoms with Gasteiger partial charge in [-0.3, -0.25) is 9.20 Å². The molecule has 3 atom stereocenters. The minimum absolute atomic E-state index is 0.212. The van der Waals surface area contributed by atoms with E-state index in [1.807, 2.05) is 32.6 Å². The molecule has 2 fully saturated rings. The number of guanidine groups is 1. The molecule has 7 nitrogen and oxygen atoms in total. The molecule has 2 N–H and O–H groups in total. The highest BCUT2D eigenvalue weighted by molar-refractivity contribution is 7.85. The number of nitrogens with zero attached hydrogens (tertiary/aromatic N) is 2. The van der Waals surface area contributed by atoms with Crippen LogP contribution in [-0.2, 0) is 15.5 Å². The molecule has 0 aromatic rings. The molecule has 0 aromatic heterocycles. The van der Waals surface area contributed by atoms with Crippen LogP contribution in [0.1, 0.15) is 73.1 Å². The number of hydrogen-bond acceptors (Lipinski definition) is 4. The van der Waals surface area contributed by atoms with Crippen LogP contribution in [0.25, 0.3) is 0 Å². The summed E-state index contributed by atoms with van der Waals surface area (Å²) in [6.45, 7) is 12.8. The quantitative estimate of drug-likeness (QED) is 0.487. The molecule has 1 aliphatic carbocycles. The van der Waals surface area contributed by atoms with Crippen LogP contribution in [0.2, 0.25) is 0 Å². The number of nitrogens with one attached hydrogen (secondary N) is 2. The third kappa shape index (κ3) is 8.44. The van der Waals surface area contributed by atoms with E-state index in [0.717, 1.165) is 76.4 Å². The summed E-state index contributed by atoms with van der Waals surface area (Å²) in [5, 5.41) is 7.24. The zero-order chi connectivity index (χ0) is 22.1. The van der Waals surface area contributed by atoms with Gasteiger partial charge in [-0.15, -0.1) is 0 Å². The summed E-state index contributed by atoms with van der Waals surface area (Å²) in [5.41, 5.74) is -0.452. The highest BCUT2D eigenvalue weighted by atomic mass is 32.2. The molecule has 3 unspecified atom stereocenters. The topological polar surface area (TPSA) is 83.0 Å². The summed E-state index contributed by atoms with van der Waals surface area (Å²) in [5.74, 6) is 2.08. The fourth-order valence-electron chi connectivity index (χ4n) is 4.11. The lowest BCUT2D eigenvalue weighted by Crippen LogP contribution is -2.47. The van der Waals surface area contributed by atoms with Gasteiger partial charge in [-0.05, 0) is 65.7 Å². The number of rotatable bonds is 6. The molecule has 30 heavy (non-hydrogen) atoms. The fourth-order valence-corrected chi connectivity index (χ4v) is 5.46. The molecule has 0 bridgehead atoms. The summed E-state index contributed by atoms with van der Waals surface area (Å²) in [7, 11) is -0.717. The zero-order valence-electron chi connectivity index (χ0n) is 19.5. The normalized spacial score (nSPS) is 25.0. The first-order valence-corrected chi connectivity index (χ1v) is 13.0. The van der Waals surface area contributed by atoms with E-state index in [1.54, 1.807) is 0 Å². The summed E-state index contributed by atoms with van der Waals surface area (Å²) >= 11 is 0. The molecular formula is C22H42N4O3S. The third-order valence-corrected chi connectivity index (χ3v) is 7.48. The first kappa shape index (κ1) is 25.0. The van der Waals surface area contributed by atoms with E-state index >= 15 is 0 Å². The Balaban J connectivity index is 1.82. The molecule has 1 amide bonds. The van der Waals surface area contributed by atoms with Gasteiger partial charge in [0.05, 0.1) is 0 Å². The Hall–Kier alpha value is -1.31. The van der Waals surface area contributed by atoms with Crippen molar-refractivity contribution in [3.05, 3.63) is 0 Å². The molecule has 2 rings (SSSR count). The minimum atomic E-state index is -0.717. The average molecular weight is 443 g/mol. The first-order chi connectivity index (χ1) is 14.2. The van der Waals surface area contributed by atoms with Crippen LogP contribution in [0.3, 0.4) is 0 Å². The van der Waals surface area contributed by atoms with Crippen molar-refractivity contribution in [2.24, 2.45) is 10.9 Å². The smallest absolute Gasteiger partial charge is 0.410 e. The van der Waals surface area contributed by atoms with Crippen LogP contribution in [0.5, 0.6) is 0 Å². The molecular weight excluding hydrogens is 400 g/mol. The molecule has 0 aromatic carbocycles. The van der Waals surface area contributed by atoms with Crippen LogP contribution < -0.4 is 10.6 Å². The van der Waals surface area contributed by atoms with E-state index in [9.17, 15) is 9.00 Å². The third-order valence-electron chi connectivity index (χ3n) is 5.74. The van der Waals surface area contributed by atoms with E-state index < -0.39 is 16.4 Å². The van der Waals surface area contributed by atoms with Crippen LogP contribution in [0, 0.1) is 5.92 Å². The monoisotopic (exact) mass is 442 g/mol. The van der Waals surface area contributed by atoms with Gasteiger partial charge in [0.1, 0.15) is 5.60 Å². The number of carbonyl (C=O) groups is 1. The van der Waals surface area contributed by atoms with E-state index in [4.69, 9.17) is 9.73 Å². The van der Waals surface area contributed by atoms with E-state index in [1.165, 1.54) is 0 Å². The number of aliphatic imine (C=N–C) groups is 1. The zero-order valence-corrected chi connectivity index (χ0v) is 20.4. The van der Waals surface area contributed by atoms with E-state index in [2.05, 4.69) is 17.6 Å². The second-order valence-corrected chi connectivity index (χ2v) is 11.4. The van der Waals surface area contributed by atoms with Crippen molar-refractivity contribution in [2.45, 2.75) is 90.0 Å². The van der Waals surface area contributed by atoms with Crippen molar-refractivity contribution in [2.75, 3.05) is 31.9 Å². The Kier molecular flexibility index (Phi) is 9.91. The second kappa shape index (κ2) is 11.9. The first-order valence-electron chi connectivity index (χ1n) is 11.6. The lowest BCUT2D eigenvalue weighted by atomic mass is 9.95. The van der Waals surface area contributed by atoms with Crippen molar-refractivity contribution in [3.63, 3.8) is 0 Å². The Bertz CT molecular complexity index is 598. The molecule has 174 valence electrons. The maximum absolute atomic E-state index is 12.2. The summed E-state index contributed by atoms with van der Waals surface area (Å²) in [4.78, 5) is 18.9. The highest BCUT2D eigenvalue weighted by Crippen LogP contribution is 2.23. The lowest BCUT2D eigenvalue weighted by Gasteiger charge is -2.33. The average Bonchev–Trinajstić information content (AvgIpc) is 2.71. The molecule has 1 saturated carbocycles. The van der Waals surface area contributed by atoms with Gasteiger partial charge in [0.2, 0.25) is 0 Å². The van der Waals surface area contributed by atoms with Crippen LogP contribution in [-0.4, -0.2) is 70.0 Å². The van der Waals surface area contributed by atoms with Gasteiger partial charge in [-0.1, -0.05) is 13.3 Å². The Morgan fingerprint density at radius 2 is 1.87 bits per heavy atom. The standard InChI is InChI=1S/C22H42N4O3S/c1-6-23-20(25-18-9-8-10-19(15-18)30(28)7-2)24-16-17-11-13-26(14-12-17)21(27)29-22(3,4)5/h17-19H,6-16H2,1-5H3,(H2,23,24,25). The van der Waals surface area contributed by atoms with Gasteiger partial charge >= 0.3 is 6.09 Å². The number of piperidine rings is 1. The van der Waals surface area contributed by atoms with E-state index in [0.29, 0.717) is 17.2 Å². The van der Waals surface area contributed by atoms with Crippen LogP contribution in [0.15, 0.2) is 4.99 Å². The Morgan fingerprint density at radius 1 is 1.17 bits per heavy atom. The largest absolute Gasteiger partial charge is 0.444 e. The molecule has 1 saturated heterocycles. The van der Waals surface area contributed by atoms with Crippen molar-refractivity contribution in [1.29, 1.82) is 0 Å². The number of carbonyl (C=O) groups excluding carboxylic acids is 1. The molecule has 1 aliphatic heterocycles. The number of amides is 1. The van der Waals surface area contributed by atoms with E-state index in [-0.39, 0.29) is 6.09 Å². The molecule has 1 heterocycles. The van der Waals surface area contributed by atoms with Crippen molar-refractivity contribution in [1.82, 2.24) is 15.5 Å². The Labute approximate surface area is 185 Å². The summed E-state index contributed by atoms with van der Waals surface area (Å²) in [6.07, 6.45) is 5.94.